The molecule has 0 amide bonds. The van der Waals surface area contributed by atoms with Crippen molar-refractivity contribution in [3.63, 3.8) is 0 Å². The van der Waals surface area contributed by atoms with Crippen LogP contribution in [0.4, 0.5) is 5.69 Å². The van der Waals surface area contributed by atoms with E-state index in [1.54, 1.807) is 0 Å². The second kappa shape index (κ2) is 10.9. The second-order valence-corrected chi connectivity index (χ2v) is 11.2. The summed E-state index contributed by atoms with van der Waals surface area (Å²) in [6, 6.07) is 31.0. The SMILES string of the molecule is Cc1ccc(C)c(-n2c(C)cc(C3C(c4ccccn4)NC(=S)N3c3ccc(Oc4ccccc4C)cc3)c2C)c1. The van der Waals surface area contributed by atoms with Gasteiger partial charge in [0.15, 0.2) is 5.11 Å². The zero-order valence-electron chi connectivity index (χ0n) is 24.1. The first-order valence-electron chi connectivity index (χ1n) is 13.9. The molecule has 6 heteroatoms. The first kappa shape index (κ1) is 26.8. The lowest BCUT2D eigenvalue weighted by Gasteiger charge is -2.28. The second-order valence-electron chi connectivity index (χ2n) is 10.8. The fourth-order valence-corrected chi connectivity index (χ4v) is 6.19. The monoisotopic (exact) mass is 558 g/mol. The Balaban J connectivity index is 1.43. The fraction of sp³-hybridized carbons (Fsp3) is 0.200. The molecule has 0 bridgehead atoms. The van der Waals surface area contributed by atoms with Gasteiger partial charge < -0.3 is 19.5 Å². The van der Waals surface area contributed by atoms with Gasteiger partial charge in [0.25, 0.3) is 0 Å². The quantitative estimate of drug-likeness (QED) is 0.212. The maximum absolute atomic E-state index is 6.18. The number of aromatic nitrogens is 2. The number of benzene rings is 3. The van der Waals surface area contributed by atoms with Crippen molar-refractivity contribution in [2.45, 2.75) is 46.7 Å². The molecule has 1 saturated heterocycles. The molecule has 3 aromatic carbocycles. The lowest BCUT2D eigenvalue weighted by molar-refractivity contribution is 0.479. The van der Waals surface area contributed by atoms with Crippen LogP contribution in [-0.4, -0.2) is 14.7 Å². The van der Waals surface area contributed by atoms with Gasteiger partial charge in [0, 0.05) is 29.0 Å². The highest BCUT2D eigenvalue weighted by Crippen LogP contribution is 2.44. The molecule has 1 aliphatic heterocycles. The highest BCUT2D eigenvalue weighted by atomic mass is 32.1. The Bertz CT molecular complexity index is 1730. The predicted octanol–water partition coefficient (Wildman–Crippen LogP) is 8.38. The van der Waals surface area contributed by atoms with E-state index in [0.717, 1.165) is 28.4 Å². The maximum atomic E-state index is 6.18. The molecular formula is C35H34N4OS. The van der Waals surface area contributed by atoms with Gasteiger partial charge >= 0.3 is 0 Å². The summed E-state index contributed by atoms with van der Waals surface area (Å²) >= 11 is 5.99. The van der Waals surface area contributed by atoms with Crippen LogP contribution in [0.5, 0.6) is 11.5 Å². The molecule has 2 atom stereocenters. The third kappa shape index (κ3) is 5.00. The van der Waals surface area contributed by atoms with Gasteiger partial charge in [-0.05, 0) is 124 Å². The fourth-order valence-electron chi connectivity index (χ4n) is 5.84. The van der Waals surface area contributed by atoms with Crippen molar-refractivity contribution in [3.8, 4) is 17.2 Å². The summed E-state index contributed by atoms with van der Waals surface area (Å²) in [5, 5.41) is 4.28. The normalized spacial score (nSPS) is 16.6. The van der Waals surface area contributed by atoms with Crippen LogP contribution < -0.4 is 15.0 Å². The van der Waals surface area contributed by atoms with Crippen LogP contribution in [0.2, 0.25) is 0 Å². The molecule has 1 N–H and O–H groups in total. The van der Waals surface area contributed by atoms with Crippen LogP contribution in [0.15, 0.2) is 97.2 Å². The number of anilines is 1. The molecule has 3 heterocycles. The number of nitrogens with zero attached hydrogens (tertiary/aromatic N) is 3. The van der Waals surface area contributed by atoms with E-state index in [2.05, 4.69) is 97.9 Å². The van der Waals surface area contributed by atoms with Gasteiger partial charge in [0.2, 0.25) is 0 Å². The van der Waals surface area contributed by atoms with Crippen molar-refractivity contribution in [3.05, 3.63) is 137 Å². The number of rotatable bonds is 6. The minimum atomic E-state index is -0.112. The van der Waals surface area contributed by atoms with Crippen molar-refractivity contribution >= 4 is 23.0 Å². The molecule has 5 aromatic rings. The Kier molecular flexibility index (Phi) is 7.10. The summed E-state index contributed by atoms with van der Waals surface area (Å²) in [5.74, 6) is 1.64. The van der Waals surface area contributed by atoms with E-state index in [4.69, 9.17) is 21.9 Å². The lowest BCUT2D eigenvalue weighted by Crippen LogP contribution is -2.29. The summed E-state index contributed by atoms with van der Waals surface area (Å²) < 4.78 is 8.55. The number of hydrogen-bond donors (Lipinski definition) is 1. The van der Waals surface area contributed by atoms with Crippen molar-refractivity contribution in [1.82, 2.24) is 14.9 Å². The third-order valence-electron chi connectivity index (χ3n) is 7.93. The summed E-state index contributed by atoms with van der Waals surface area (Å²) in [7, 11) is 0. The van der Waals surface area contributed by atoms with E-state index in [-0.39, 0.29) is 12.1 Å². The van der Waals surface area contributed by atoms with Crippen LogP contribution in [0.3, 0.4) is 0 Å². The lowest BCUT2D eigenvalue weighted by atomic mass is 9.96. The third-order valence-corrected chi connectivity index (χ3v) is 8.24. The Hall–Kier alpha value is -4.42. The molecule has 206 valence electrons. The van der Waals surface area contributed by atoms with Gasteiger partial charge in [-0.2, -0.15) is 0 Å². The van der Waals surface area contributed by atoms with E-state index in [0.29, 0.717) is 5.11 Å². The summed E-state index contributed by atoms with van der Waals surface area (Å²) in [5.41, 5.74) is 10.3. The first-order valence-corrected chi connectivity index (χ1v) is 14.3. The zero-order valence-corrected chi connectivity index (χ0v) is 24.9. The largest absolute Gasteiger partial charge is 0.457 e. The van der Waals surface area contributed by atoms with Gasteiger partial charge in [-0.15, -0.1) is 0 Å². The van der Waals surface area contributed by atoms with Crippen molar-refractivity contribution in [2.75, 3.05) is 4.90 Å². The number of hydrogen-bond acceptors (Lipinski definition) is 3. The maximum Gasteiger partial charge on any atom is 0.174 e. The molecule has 41 heavy (non-hydrogen) atoms. The van der Waals surface area contributed by atoms with E-state index in [1.165, 1.54) is 33.8 Å². The number of para-hydroxylation sites is 1. The summed E-state index contributed by atoms with van der Waals surface area (Å²) in [4.78, 5) is 6.96. The molecular weight excluding hydrogens is 524 g/mol. The number of aryl methyl sites for hydroxylation is 4. The molecule has 6 rings (SSSR count). The molecule has 0 aliphatic carbocycles. The molecule has 1 aliphatic rings. The van der Waals surface area contributed by atoms with Crippen molar-refractivity contribution in [2.24, 2.45) is 0 Å². The highest BCUT2D eigenvalue weighted by Gasteiger charge is 2.42. The van der Waals surface area contributed by atoms with Gasteiger partial charge in [-0.1, -0.05) is 36.4 Å². The average molecular weight is 559 g/mol. The predicted molar refractivity (Wildman–Crippen MR) is 170 cm³/mol. The number of nitrogens with one attached hydrogen (secondary N) is 1. The number of pyridine rings is 1. The van der Waals surface area contributed by atoms with Crippen LogP contribution in [0, 0.1) is 34.6 Å². The molecule has 2 aromatic heterocycles. The van der Waals surface area contributed by atoms with E-state index < -0.39 is 0 Å². The Morgan fingerprint density at radius 3 is 2.29 bits per heavy atom. The first-order chi connectivity index (χ1) is 19.8. The minimum absolute atomic E-state index is 0.0920. The molecule has 5 nitrogen and oxygen atoms in total. The molecule has 0 spiro atoms. The average Bonchev–Trinajstić information content (AvgIpc) is 3.47. The zero-order chi connectivity index (χ0) is 28.7. The molecule has 2 unspecified atom stereocenters. The van der Waals surface area contributed by atoms with E-state index in [9.17, 15) is 0 Å². The topological polar surface area (TPSA) is 42.3 Å². The highest BCUT2D eigenvalue weighted by molar-refractivity contribution is 7.80. The van der Waals surface area contributed by atoms with Gasteiger partial charge in [0.05, 0.1) is 17.8 Å². The number of thiocarbonyl (C=S) groups is 1. The Morgan fingerprint density at radius 2 is 1.56 bits per heavy atom. The van der Waals surface area contributed by atoms with Gasteiger partial charge in [0.1, 0.15) is 11.5 Å². The van der Waals surface area contributed by atoms with E-state index >= 15 is 0 Å². The minimum Gasteiger partial charge on any atom is -0.457 e. The molecule has 0 saturated carbocycles. The Morgan fingerprint density at radius 1 is 0.805 bits per heavy atom. The molecule has 1 fully saturated rings. The van der Waals surface area contributed by atoms with Crippen LogP contribution in [0.1, 0.15) is 51.4 Å². The smallest absolute Gasteiger partial charge is 0.174 e. The van der Waals surface area contributed by atoms with E-state index in [1.807, 2.05) is 48.7 Å². The summed E-state index contributed by atoms with van der Waals surface area (Å²) in [6.45, 7) is 10.7. The van der Waals surface area contributed by atoms with Gasteiger partial charge in [-0.3, -0.25) is 4.98 Å². The summed E-state index contributed by atoms with van der Waals surface area (Å²) in [6.07, 6.45) is 1.84. The van der Waals surface area contributed by atoms with Crippen molar-refractivity contribution in [1.29, 1.82) is 0 Å². The number of ether oxygens (including phenoxy) is 1. The van der Waals surface area contributed by atoms with Crippen LogP contribution in [0.25, 0.3) is 5.69 Å². The van der Waals surface area contributed by atoms with Crippen LogP contribution >= 0.6 is 12.2 Å². The van der Waals surface area contributed by atoms with Crippen LogP contribution in [-0.2, 0) is 0 Å². The standard InChI is InChI=1S/C35H34N4OS/c1-22-13-14-23(2)31(20-22)38-25(4)21-29(26(38)5)34-33(30-11-8-9-19-36-30)37-35(41)39(34)27-15-17-28(18-16-27)40-32-12-7-6-10-24(32)3/h6-21,33-34H,1-5H3,(H,37,41). The Labute approximate surface area is 247 Å². The van der Waals surface area contributed by atoms with Crippen molar-refractivity contribution < 1.29 is 4.74 Å². The van der Waals surface area contributed by atoms with Gasteiger partial charge in [-0.25, -0.2) is 0 Å². The molecule has 0 radical (unpaired) electrons.